The summed E-state index contributed by atoms with van der Waals surface area (Å²) in [5.41, 5.74) is 3.57. The van der Waals surface area contributed by atoms with Crippen LogP contribution >= 0.6 is 15.9 Å². The molecule has 0 bridgehead atoms. The van der Waals surface area contributed by atoms with E-state index in [0.717, 1.165) is 15.6 Å². The molecule has 1 heterocycles. The van der Waals surface area contributed by atoms with Crippen molar-refractivity contribution in [1.29, 1.82) is 0 Å². The molecule has 5 nitrogen and oxygen atoms in total. The molecule has 1 aromatic heterocycles. The van der Waals surface area contributed by atoms with Crippen molar-refractivity contribution >= 4 is 21.8 Å². The van der Waals surface area contributed by atoms with Crippen LogP contribution in [0.2, 0.25) is 0 Å². The Bertz CT molecular complexity index is 1240. The van der Waals surface area contributed by atoms with Gasteiger partial charge in [-0.25, -0.2) is 4.39 Å². The monoisotopic (exact) mass is 479 g/mol. The summed E-state index contributed by atoms with van der Waals surface area (Å²) in [6, 6.07) is 19.4. The third-order valence-corrected chi connectivity index (χ3v) is 5.43. The zero-order valence-electron chi connectivity index (χ0n) is 17.0. The molecule has 0 spiro atoms. The highest BCUT2D eigenvalue weighted by molar-refractivity contribution is 9.10. The fraction of sp³-hybridized carbons (Fsp3) is 0.125. The number of hydrogen-bond donors (Lipinski definition) is 0. The summed E-state index contributed by atoms with van der Waals surface area (Å²) < 4.78 is 20.6. The quantitative estimate of drug-likeness (QED) is 0.358. The van der Waals surface area contributed by atoms with Gasteiger partial charge in [-0.1, -0.05) is 34.1 Å². The molecule has 7 heteroatoms. The molecule has 3 aromatic carbocycles. The number of aryl methyl sites for hydroxylation is 1. The molecule has 0 radical (unpaired) electrons. The third kappa shape index (κ3) is 4.56. The number of carbonyl (C=O) groups is 1. The second-order valence-corrected chi connectivity index (χ2v) is 8.12. The normalized spacial score (nSPS) is 10.8. The predicted octanol–water partition coefficient (Wildman–Crippen LogP) is 5.89. The molecule has 4 rings (SSSR count). The molecule has 0 atom stereocenters. The minimum atomic E-state index is -0.348. The van der Waals surface area contributed by atoms with Crippen LogP contribution in [-0.2, 0) is 6.54 Å². The molecule has 156 valence electrons. The molecule has 0 aliphatic rings. The second-order valence-electron chi connectivity index (χ2n) is 7.20. The van der Waals surface area contributed by atoms with Gasteiger partial charge >= 0.3 is 0 Å². The van der Waals surface area contributed by atoms with E-state index < -0.39 is 0 Å². The standard InChI is InChI=1S/C24H19BrFN3O2/c1-15-5-3-4-6-20(15)23-28-27-22(31-23)16-7-9-17(10-8-16)24(30)29(2)14-18-13-19(25)11-12-21(18)26/h3-13H,14H2,1-2H3. The van der Waals surface area contributed by atoms with Gasteiger partial charge in [0.15, 0.2) is 0 Å². The van der Waals surface area contributed by atoms with E-state index >= 15 is 0 Å². The van der Waals surface area contributed by atoms with Gasteiger partial charge in [-0.2, -0.15) is 0 Å². The van der Waals surface area contributed by atoms with Crippen molar-refractivity contribution in [1.82, 2.24) is 15.1 Å². The smallest absolute Gasteiger partial charge is 0.253 e. The van der Waals surface area contributed by atoms with E-state index in [0.29, 0.717) is 28.5 Å². The minimum absolute atomic E-state index is 0.162. The van der Waals surface area contributed by atoms with Gasteiger partial charge in [-0.15, -0.1) is 10.2 Å². The largest absolute Gasteiger partial charge is 0.416 e. The first-order valence-electron chi connectivity index (χ1n) is 9.61. The van der Waals surface area contributed by atoms with E-state index in [4.69, 9.17) is 4.42 Å². The Morgan fingerprint density at radius 2 is 1.74 bits per heavy atom. The lowest BCUT2D eigenvalue weighted by atomic mass is 10.1. The fourth-order valence-corrected chi connectivity index (χ4v) is 3.64. The lowest BCUT2D eigenvalue weighted by Crippen LogP contribution is -2.26. The van der Waals surface area contributed by atoms with Crippen molar-refractivity contribution in [2.75, 3.05) is 7.05 Å². The Morgan fingerprint density at radius 3 is 2.48 bits per heavy atom. The van der Waals surface area contributed by atoms with Crippen molar-refractivity contribution in [2.24, 2.45) is 0 Å². The third-order valence-electron chi connectivity index (χ3n) is 4.94. The molecule has 0 unspecified atom stereocenters. The van der Waals surface area contributed by atoms with Gasteiger partial charge in [0, 0.05) is 40.3 Å². The maximum Gasteiger partial charge on any atom is 0.253 e. The van der Waals surface area contributed by atoms with Crippen LogP contribution in [0.15, 0.2) is 75.6 Å². The van der Waals surface area contributed by atoms with Gasteiger partial charge in [-0.05, 0) is 61.0 Å². The number of hydrogen-bond acceptors (Lipinski definition) is 4. The first-order valence-corrected chi connectivity index (χ1v) is 10.4. The SMILES string of the molecule is Cc1ccccc1-c1nnc(-c2ccc(C(=O)N(C)Cc3cc(Br)ccc3F)cc2)o1. The molecular weight excluding hydrogens is 461 g/mol. The summed E-state index contributed by atoms with van der Waals surface area (Å²) in [7, 11) is 1.64. The van der Waals surface area contributed by atoms with E-state index in [9.17, 15) is 9.18 Å². The summed E-state index contributed by atoms with van der Waals surface area (Å²) in [5.74, 6) is 0.266. The first kappa shape index (κ1) is 20.9. The van der Waals surface area contributed by atoms with Crippen LogP contribution in [0.4, 0.5) is 4.39 Å². The summed E-state index contributed by atoms with van der Waals surface area (Å²) >= 11 is 3.33. The molecule has 0 saturated heterocycles. The van der Waals surface area contributed by atoms with Crippen molar-refractivity contribution in [3.8, 4) is 22.9 Å². The molecule has 0 N–H and O–H groups in total. The van der Waals surface area contributed by atoms with Gasteiger partial charge in [0.25, 0.3) is 5.91 Å². The summed E-state index contributed by atoms with van der Waals surface area (Å²) in [6.45, 7) is 2.14. The van der Waals surface area contributed by atoms with E-state index in [-0.39, 0.29) is 18.3 Å². The second kappa shape index (κ2) is 8.81. The van der Waals surface area contributed by atoms with Crippen molar-refractivity contribution < 1.29 is 13.6 Å². The molecule has 4 aromatic rings. The maximum atomic E-state index is 14.0. The van der Waals surface area contributed by atoms with E-state index in [1.165, 1.54) is 11.0 Å². The van der Waals surface area contributed by atoms with E-state index in [2.05, 4.69) is 26.1 Å². The van der Waals surface area contributed by atoms with Gasteiger partial charge in [-0.3, -0.25) is 4.79 Å². The van der Waals surface area contributed by atoms with Crippen LogP contribution in [0.5, 0.6) is 0 Å². The Kier molecular flexibility index (Phi) is 5.95. The Morgan fingerprint density at radius 1 is 1.03 bits per heavy atom. The Labute approximate surface area is 187 Å². The predicted molar refractivity (Wildman–Crippen MR) is 120 cm³/mol. The van der Waals surface area contributed by atoms with E-state index in [1.807, 2.05) is 31.2 Å². The van der Waals surface area contributed by atoms with Gasteiger partial charge in [0.2, 0.25) is 11.8 Å². The van der Waals surface area contributed by atoms with E-state index in [1.54, 1.807) is 43.4 Å². The molecule has 1 amide bonds. The molecule has 0 aliphatic carbocycles. The van der Waals surface area contributed by atoms with Crippen LogP contribution in [0.1, 0.15) is 21.5 Å². The molecular formula is C24H19BrFN3O2. The fourth-order valence-electron chi connectivity index (χ4n) is 3.23. The van der Waals surface area contributed by atoms with Gasteiger partial charge in [0.1, 0.15) is 5.82 Å². The molecule has 0 fully saturated rings. The zero-order chi connectivity index (χ0) is 22.0. The average molecular weight is 480 g/mol. The van der Waals surface area contributed by atoms with Crippen molar-refractivity contribution in [3.05, 3.63) is 93.7 Å². The van der Waals surface area contributed by atoms with Crippen LogP contribution in [0.3, 0.4) is 0 Å². The summed E-state index contributed by atoms with van der Waals surface area (Å²) in [5, 5.41) is 8.27. The highest BCUT2D eigenvalue weighted by Gasteiger charge is 2.16. The van der Waals surface area contributed by atoms with Gasteiger partial charge < -0.3 is 9.32 Å². The Hall–Kier alpha value is -3.32. The van der Waals surface area contributed by atoms with Crippen molar-refractivity contribution in [2.45, 2.75) is 13.5 Å². The number of carbonyl (C=O) groups excluding carboxylic acids is 1. The highest BCUT2D eigenvalue weighted by Crippen LogP contribution is 2.26. The summed E-state index contributed by atoms with van der Waals surface area (Å²) in [6.07, 6.45) is 0. The van der Waals surface area contributed by atoms with Crippen LogP contribution in [0.25, 0.3) is 22.9 Å². The number of halogens is 2. The number of nitrogens with zero attached hydrogens (tertiary/aromatic N) is 3. The van der Waals surface area contributed by atoms with Crippen LogP contribution in [0, 0.1) is 12.7 Å². The topological polar surface area (TPSA) is 59.2 Å². The lowest BCUT2D eigenvalue weighted by molar-refractivity contribution is 0.0784. The molecule has 31 heavy (non-hydrogen) atoms. The number of amides is 1. The van der Waals surface area contributed by atoms with Gasteiger partial charge in [0.05, 0.1) is 0 Å². The lowest BCUT2D eigenvalue weighted by Gasteiger charge is -2.18. The number of aromatic nitrogens is 2. The highest BCUT2D eigenvalue weighted by atomic mass is 79.9. The molecule has 0 aliphatic heterocycles. The maximum absolute atomic E-state index is 14.0. The average Bonchev–Trinajstić information content (AvgIpc) is 3.26. The molecule has 0 saturated carbocycles. The van der Waals surface area contributed by atoms with Crippen LogP contribution in [-0.4, -0.2) is 28.1 Å². The minimum Gasteiger partial charge on any atom is -0.416 e. The zero-order valence-corrected chi connectivity index (χ0v) is 18.6. The Balaban J connectivity index is 1.50. The number of benzene rings is 3. The number of rotatable bonds is 5. The van der Waals surface area contributed by atoms with Crippen molar-refractivity contribution in [3.63, 3.8) is 0 Å². The summed E-state index contributed by atoms with van der Waals surface area (Å²) in [4.78, 5) is 14.2. The van der Waals surface area contributed by atoms with Crippen LogP contribution < -0.4 is 0 Å². The first-order chi connectivity index (χ1) is 14.9.